The first kappa shape index (κ1) is 7.09. The number of carbonyl (C=O) groups excluding carboxylic acids is 1. The van der Waals surface area contributed by atoms with Crippen LogP contribution in [0.5, 0.6) is 0 Å². The molecule has 4 nitrogen and oxygen atoms in total. The molecule has 1 heterocycles. The topological polar surface area (TPSA) is 67.5 Å². The van der Waals surface area contributed by atoms with Crippen LogP contribution < -0.4 is 0 Å². The predicted molar refractivity (Wildman–Crippen MR) is 38.3 cm³/mol. The Morgan fingerprint density at radius 1 is 1.50 bits per heavy atom. The minimum absolute atomic E-state index is 0.0266. The van der Waals surface area contributed by atoms with Crippen molar-refractivity contribution in [3.63, 3.8) is 0 Å². The lowest BCUT2D eigenvalue weighted by atomic mass is 10.2. The number of carboxylic acid groups (broad SMARTS) is 1. The summed E-state index contributed by atoms with van der Waals surface area (Å²) in [5, 5.41) is 8.52. The highest BCUT2D eigenvalue weighted by molar-refractivity contribution is 6.01. The van der Waals surface area contributed by atoms with Crippen LogP contribution in [0.25, 0.3) is 0 Å². The zero-order valence-electron chi connectivity index (χ0n) is 6.16. The number of Topliss-reactive ketones (excluding diaryl/α,β-unsaturated/α-hetero) is 1. The average molecular weight is 166 g/mol. The third-order valence-electron chi connectivity index (χ3n) is 1.90. The second-order valence-corrected chi connectivity index (χ2v) is 2.68. The molecule has 2 rings (SSSR count). The van der Waals surface area contributed by atoms with Crippen molar-refractivity contribution >= 4 is 11.8 Å². The van der Waals surface area contributed by atoms with Gasteiger partial charge in [-0.25, -0.2) is 4.79 Å². The first-order valence-electron chi connectivity index (χ1n) is 3.57. The van der Waals surface area contributed by atoms with E-state index >= 15 is 0 Å². The maximum atomic E-state index is 11.0. The monoisotopic (exact) mass is 166 g/mol. The zero-order chi connectivity index (χ0) is 8.72. The number of aromatic carboxylic acids is 1. The number of hydrogen-bond donors (Lipinski definition) is 1. The molecule has 1 aliphatic carbocycles. The summed E-state index contributed by atoms with van der Waals surface area (Å²) in [5.74, 6) is -0.788. The highest BCUT2D eigenvalue weighted by atomic mass is 16.4. The lowest BCUT2D eigenvalue weighted by Crippen LogP contribution is -1.94. The van der Waals surface area contributed by atoms with Crippen molar-refractivity contribution < 1.29 is 19.1 Å². The second-order valence-electron chi connectivity index (χ2n) is 2.68. The molecule has 1 aromatic rings. The molecule has 0 amide bonds. The van der Waals surface area contributed by atoms with Gasteiger partial charge in [-0.15, -0.1) is 0 Å². The number of rotatable bonds is 1. The van der Waals surface area contributed by atoms with Crippen LogP contribution in [0.2, 0.25) is 0 Å². The Morgan fingerprint density at radius 2 is 2.25 bits per heavy atom. The van der Waals surface area contributed by atoms with Gasteiger partial charge in [0.05, 0.1) is 5.56 Å². The molecule has 62 valence electrons. The molecule has 1 aromatic heterocycles. The first-order valence-corrected chi connectivity index (χ1v) is 3.57. The molecule has 0 unspecified atom stereocenters. The number of aryl methyl sites for hydroxylation is 1. The maximum Gasteiger partial charge on any atom is 0.371 e. The van der Waals surface area contributed by atoms with Crippen LogP contribution in [0.3, 0.4) is 0 Å². The van der Waals surface area contributed by atoms with Gasteiger partial charge in [0.25, 0.3) is 0 Å². The highest BCUT2D eigenvalue weighted by Gasteiger charge is 2.26. The molecular weight excluding hydrogens is 160 g/mol. The Labute approximate surface area is 67.8 Å². The molecule has 0 aromatic carbocycles. The third-order valence-corrected chi connectivity index (χ3v) is 1.90. The van der Waals surface area contributed by atoms with E-state index in [1.54, 1.807) is 0 Å². The fourth-order valence-corrected chi connectivity index (χ4v) is 1.32. The standard InChI is InChI=1S/C8H6O4/c9-5-1-2-6-4(5)3-7(12-6)8(10)11/h3H,1-2H2,(H,10,11). The van der Waals surface area contributed by atoms with Gasteiger partial charge in [0, 0.05) is 18.9 Å². The van der Waals surface area contributed by atoms with Gasteiger partial charge in [-0.3, -0.25) is 4.79 Å². The lowest BCUT2D eigenvalue weighted by molar-refractivity contribution is 0.0660. The number of carboxylic acids is 1. The molecule has 0 atom stereocenters. The largest absolute Gasteiger partial charge is 0.475 e. The van der Waals surface area contributed by atoms with Gasteiger partial charge >= 0.3 is 5.97 Å². The van der Waals surface area contributed by atoms with Crippen molar-refractivity contribution in [2.24, 2.45) is 0 Å². The van der Waals surface area contributed by atoms with Gasteiger partial charge in [0.2, 0.25) is 5.76 Å². The SMILES string of the molecule is O=C(O)c1cc2c(o1)CCC2=O. The molecule has 12 heavy (non-hydrogen) atoms. The Morgan fingerprint density at radius 3 is 2.83 bits per heavy atom. The second kappa shape index (κ2) is 2.20. The highest BCUT2D eigenvalue weighted by Crippen LogP contribution is 2.25. The smallest absolute Gasteiger partial charge is 0.371 e. The normalized spacial score (nSPS) is 14.8. The van der Waals surface area contributed by atoms with Gasteiger partial charge in [0.1, 0.15) is 5.76 Å². The summed E-state index contributed by atoms with van der Waals surface area (Å²) >= 11 is 0. The van der Waals surface area contributed by atoms with Crippen LogP contribution in [-0.4, -0.2) is 16.9 Å². The maximum absolute atomic E-state index is 11.0. The molecular formula is C8H6O4. The van der Waals surface area contributed by atoms with E-state index < -0.39 is 5.97 Å². The van der Waals surface area contributed by atoms with Gasteiger partial charge in [0.15, 0.2) is 5.78 Å². The molecule has 0 radical (unpaired) electrons. The van der Waals surface area contributed by atoms with Crippen LogP contribution in [0.4, 0.5) is 0 Å². The molecule has 0 fully saturated rings. The number of carbonyl (C=O) groups is 2. The summed E-state index contributed by atoms with van der Waals surface area (Å²) in [6.07, 6.45) is 0.968. The van der Waals surface area contributed by atoms with E-state index in [-0.39, 0.29) is 11.5 Å². The molecule has 1 aliphatic rings. The van der Waals surface area contributed by atoms with E-state index in [0.717, 1.165) is 0 Å². The number of hydrogen-bond acceptors (Lipinski definition) is 3. The lowest BCUT2D eigenvalue weighted by Gasteiger charge is -1.85. The summed E-state index contributed by atoms with van der Waals surface area (Å²) in [4.78, 5) is 21.5. The van der Waals surface area contributed by atoms with Crippen LogP contribution in [0.15, 0.2) is 10.5 Å². The Balaban J connectivity index is 2.49. The average Bonchev–Trinajstić information content (AvgIpc) is 2.53. The minimum Gasteiger partial charge on any atom is -0.475 e. The summed E-state index contributed by atoms with van der Waals surface area (Å²) in [6.45, 7) is 0. The van der Waals surface area contributed by atoms with Crippen LogP contribution in [0.1, 0.15) is 33.1 Å². The minimum atomic E-state index is -1.13. The van der Waals surface area contributed by atoms with Crippen molar-refractivity contribution in [1.82, 2.24) is 0 Å². The third kappa shape index (κ3) is 0.845. The number of fused-ring (bicyclic) bond motifs is 1. The van der Waals surface area contributed by atoms with E-state index in [2.05, 4.69) is 0 Å². The summed E-state index contributed by atoms with van der Waals surface area (Å²) in [5.41, 5.74) is 0.437. The summed E-state index contributed by atoms with van der Waals surface area (Å²) < 4.78 is 4.94. The van der Waals surface area contributed by atoms with Crippen molar-refractivity contribution in [3.05, 3.63) is 23.2 Å². The van der Waals surface area contributed by atoms with Crippen molar-refractivity contribution in [2.45, 2.75) is 12.8 Å². The van der Waals surface area contributed by atoms with Gasteiger partial charge in [-0.05, 0) is 0 Å². The van der Waals surface area contributed by atoms with E-state index in [1.165, 1.54) is 6.07 Å². The van der Waals surface area contributed by atoms with Gasteiger partial charge < -0.3 is 9.52 Å². The molecule has 0 aliphatic heterocycles. The Hall–Kier alpha value is -1.58. The molecule has 0 spiro atoms. The zero-order valence-corrected chi connectivity index (χ0v) is 6.16. The van der Waals surface area contributed by atoms with Crippen molar-refractivity contribution in [3.8, 4) is 0 Å². The Kier molecular flexibility index (Phi) is 1.30. The van der Waals surface area contributed by atoms with Gasteiger partial charge in [-0.2, -0.15) is 0 Å². The van der Waals surface area contributed by atoms with Gasteiger partial charge in [-0.1, -0.05) is 0 Å². The quantitative estimate of drug-likeness (QED) is 0.678. The fourth-order valence-electron chi connectivity index (χ4n) is 1.32. The van der Waals surface area contributed by atoms with Crippen molar-refractivity contribution in [1.29, 1.82) is 0 Å². The van der Waals surface area contributed by atoms with E-state index in [9.17, 15) is 9.59 Å². The molecule has 0 saturated heterocycles. The summed E-state index contributed by atoms with van der Waals surface area (Å²) in [7, 11) is 0. The molecule has 0 saturated carbocycles. The van der Waals surface area contributed by atoms with E-state index in [4.69, 9.17) is 9.52 Å². The van der Waals surface area contributed by atoms with E-state index in [1.807, 2.05) is 0 Å². The Bertz CT molecular complexity index is 361. The predicted octanol–water partition coefficient (Wildman–Crippen LogP) is 1.11. The fraction of sp³-hybridized carbons (Fsp3) is 0.250. The van der Waals surface area contributed by atoms with Crippen LogP contribution >= 0.6 is 0 Å². The summed E-state index contributed by atoms with van der Waals surface area (Å²) in [6, 6.07) is 1.30. The first-order chi connectivity index (χ1) is 5.68. The molecule has 0 bridgehead atoms. The number of ketones is 1. The van der Waals surface area contributed by atoms with Crippen LogP contribution in [0, 0.1) is 0 Å². The van der Waals surface area contributed by atoms with E-state index in [0.29, 0.717) is 24.2 Å². The van der Waals surface area contributed by atoms with Crippen LogP contribution in [-0.2, 0) is 6.42 Å². The molecule has 4 heteroatoms. The molecule has 1 N–H and O–H groups in total. The number of furan rings is 1. The van der Waals surface area contributed by atoms with Crippen molar-refractivity contribution in [2.75, 3.05) is 0 Å².